The molecular formula is C17H15F4N7O2S. The first-order chi connectivity index (χ1) is 14.7. The first kappa shape index (κ1) is 22.4. The summed E-state index contributed by atoms with van der Waals surface area (Å²) in [5.41, 5.74) is -0.626. The third-order valence-electron chi connectivity index (χ3n) is 3.97. The molecule has 0 saturated heterocycles. The molecule has 1 unspecified atom stereocenters. The Morgan fingerprint density at radius 2 is 2.06 bits per heavy atom. The Morgan fingerprint density at radius 3 is 2.77 bits per heavy atom. The second-order valence-corrected chi connectivity index (χ2v) is 7.44. The van der Waals surface area contributed by atoms with Crippen LogP contribution < -0.4 is 5.32 Å². The lowest BCUT2D eigenvalue weighted by atomic mass is 10.2. The molecular weight excluding hydrogens is 442 g/mol. The van der Waals surface area contributed by atoms with Crippen molar-refractivity contribution in [3.63, 3.8) is 0 Å². The van der Waals surface area contributed by atoms with E-state index in [1.54, 1.807) is 0 Å². The fraction of sp³-hybridized carbons (Fsp3) is 0.353. The number of aryl methyl sites for hydroxylation is 1. The molecule has 0 aromatic carbocycles. The van der Waals surface area contributed by atoms with E-state index in [4.69, 9.17) is 0 Å². The highest BCUT2D eigenvalue weighted by atomic mass is 32.1. The van der Waals surface area contributed by atoms with Crippen LogP contribution in [0, 0.1) is 0 Å². The summed E-state index contributed by atoms with van der Waals surface area (Å²) in [6.07, 6.45) is -1.75. The molecule has 9 nitrogen and oxygen atoms in total. The van der Waals surface area contributed by atoms with Gasteiger partial charge in [0, 0.05) is 25.4 Å². The average Bonchev–Trinajstić information content (AvgIpc) is 3.39. The zero-order chi connectivity index (χ0) is 22.4. The van der Waals surface area contributed by atoms with Gasteiger partial charge in [-0.3, -0.25) is 14.6 Å². The Morgan fingerprint density at radius 1 is 1.26 bits per heavy atom. The van der Waals surface area contributed by atoms with Gasteiger partial charge in [0.05, 0.1) is 18.3 Å². The molecule has 3 heterocycles. The van der Waals surface area contributed by atoms with Crippen molar-refractivity contribution in [2.75, 3.05) is 0 Å². The quantitative estimate of drug-likeness (QED) is 0.387. The van der Waals surface area contributed by atoms with Crippen molar-refractivity contribution in [2.24, 2.45) is 0 Å². The van der Waals surface area contributed by atoms with E-state index in [9.17, 15) is 27.2 Å². The number of aromatic nitrogens is 6. The predicted molar refractivity (Wildman–Crippen MR) is 98.9 cm³/mol. The topological polar surface area (TPSA) is 116 Å². The van der Waals surface area contributed by atoms with E-state index in [0.29, 0.717) is 17.5 Å². The molecule has 0 radical (unpaired) electrons. The number of aldehydes is 1. The molecule has 1 amide bonds. The normalized spacial score (nSPS) is 12.5. The fourth-order valence-electron chi connectivity index (χ4n) is 2.47. The van der Waals surface area contributed by atoms with Gasteiger partial charge in [-0.15, -0.1) is 15.3 Å². The maximum absolute atomic E-state index is 14.1. The number of nitrogens with zero attached hydrogens (tertiary/aromatic N) is 6. The van der Waals surface area contributed by atoms with Gasteiger partial charge < -0.3 is 5.32 Å². The maximum atomic E-state index is 14.1. The number of alkyl halides is 4. The van der Waals surface area contributed by atoms with Gasteiger partial charge in [0.25, 0.3) is 5.91 Å². The molecule has 0 spiro atoms. The number of amides is 1. The Bertz CT molecular complexity index is 1050. The summed E-state index contributed by atoms with van der Waals surface area (Å²) in [6.45, 7) is -0.254. The van der Waals surface area contributed by atoms with Crippen LogP contribution in [-0.4, -0.2) is 48.5 Å². The lowest BCUT2D eigenvalue weighted by Gasteiger charge is -2.08. The number of hydrogen-bond acceptors (Lipinski definition) is 8. The number of hydrogen-bond donors (Lipinski definition) is 1. The third kappa shape index (κ3) is 6.34. The molecule has 31 heavy (non-hydrogen) atoms. The monoisotopic (exact) mass is 457 g/mol. The van der Waals surface area contributed by atoms with Gasteiger partial charge in [-0.05, 0) is 18.1 Å². The molecule has 3 aromatic heterocycles. The molecule has 0 bridgehead atoms. The highest BCUT2D eigenvalue weighted by Crippen LogP contribution is 2.28. The second-order valence-electron chi connectivity index (χ2n) is 6.38. The molecule has 0 aliphatic carbocycles. The van der Waals surface area contributed by atoms with Gasteiger partial charge in [-0.1, -0.05) is 16.6 Å². The lowest BCUT2D eigenvalue weighted by Crippen LogP contribution is -2.23. The summed E-state index contributed by atoms with van der Waals surface area (Å²) < 4.78 is 53.4. The Labute approximate surface area is 176 Å². The van der Waals surface area contributed by atoms with Crippen molar-refractivity contribution in [3.05, 3.63) is 51.5 Å². The van der Waals surface area contributed by atoms with E-state index >= 15 is 0 Å². The van der Waals surface area contributed by atoms with E-state index in [0.717, 1.165) is 17.4 Å². The number of carbonyl (C=O) groups is 2. The van der Waals surface area contributed by atoms with Gasteiger partial charge in [0.1, 0.15) is 16.9 Å². The first-order valence-corrected chi connectivity index (χ1v) is 9.67. The molecule has 164 valence electrons. The zero-order valence-corrected chi connectivity index (χ0v) is 16.5. The number of rotatable bonds is 9. The van der Waals surface area contributed by atoms with Gasteiger partial charge in [-0.25, -0.2) is 9.07 Å². The molecule has 1 atom stereocenters. The molecule has 14 heteroatoms. The van der Waals surface area contributed by atoms with Crippen molar-refractivity contribution < 1.29 is 27.2 Å². The van der Waals surface area contributed by atoms with Gasteiger partial charge in [0.15, 0.2) is 6.29 Å². The van der Waals surface area contributed by atoms with E-state index in [2.05, 4.69) is 30.8 Å². The molecule has 0 aliphatic heterocycles. The summed E-state index contributed by atoms with van der Waals surface area (Å²) in [4.78, 5) is 26.2. The molecule has 1 N–H and O–H groups in total. The van der Waals surface area contributed by atoms with Crippen LogP contribution >= 0.6 is 11.3 Å². The summed E-state index contributed by atoms with van der Waals surface area (Å²) in [7, 11) is 0. The van der Waals surface area contributed by atoms with Crippen LogP contribution in [0.15, 0.2) is 24.7 Å². The molecule has 0 saturated carbocycles. The van der Waals surface area contributed by atoms with E-state index in [1.165, 1.54) is 17.1 Å². The van der Waals surface area contributed by atoms with Crippen molar-refractivity contribution in [1.82, 2.24) is 35.5 Å². The van der Waals surface area contributed by atoms with Crippen LogP contribution in [0.25, 0.3) is 0 Å². The zero-order valence-electron chi connectivity index (χ0n) is 15.7. The van der Waals surface area contributed by atoms with E-state index in [1.807, 2.05) is 0 Å². The number of carbonyl (C=O) groups excluding carboxylic acids is 2. The van der Waals surface area contributed by atoms with Crippen LogP contribution in [0.1, 0.15) is 42.8 Å². The van der Waals surface area contributed by atoms with E-state index in [-0.39, 0.29) is 42.2 Å². The average molecular weight is 457 g/mol. The van der Waals surface area contributed by atoms with Crippen LogP contribution in [0.4, 0.5) is 17.6 Å². The van der Waals surface area contributed by atoms with Gasteiger partial charge in [0.2, 0.25) is 5.01 Å². The Kier molecular flexibility index (Phi) is 6.99. The van der Waals surface area contributed by atoms with Crippen molar-refractivity contribution in [1.29, 1.82) is 0 Å². The predicted octanol–water partition coefficient (Wildman–Crippen LogP) is 2.26. The van der Waals surface area contributed by atoms with Crippen LogP contribution in [0.5, 0.6) is 0 Å². The number of nitrogens with one attached hydrogen (secondary N) is 1. The summed E-state index contributed by atoms with van der Waals surface area (Å²) in [6, 6.07) is 0.896. The summed E-state index contributed by atoms with van der Waals surface area (Å²) >= 11 is 0.962. The molecule has 3 aromatic rings. The molecule has 0 fully saturated rings. The minimum atomic E-state index is -4.53. The fourth-order valence-corrected chi connectivity index (χ4v) is 3.25. The van der Waals surface area contributed by atoms with Crippen molar-refractivity contribution in [3.8, 4) is 0 Å². The highest BCUT2D eigenvalue weighted by molar-refractivity contribution is 7.13. The van der Waals surface area contributed by atoms with Crippen molar-refractivity contribution >= 4 is 23.5 Å². The van der Waals surface area contributed by atoms with Crippen LogP contribution in [0.2, 0.25) is 0 Å². The minimum Gasteiger partial charge on any atom is -0.346 e. The summed E-state index contributed by atoms with van der Waals surface area (Å²) in [5, 5.41) is 17.6. The smallest absolute Gasteiger partial charge is 0.346 e. The number of pyridine rings is 1. The maximum Gasteiger partial charge on any atom is 0.417 e. The van der Waals surface area contributed by atoms with Crippen LogP contribution in [0.3, 0.4) is 0 Å². The summed E-state index contributed by atoms with van der Waals surface area (Å²) in [5.74, 6) is -0.609. The Balaban J connectivity index is 1.48. The number of halogens is 4. The van der Waals surface area contributed by atoms with Gasteiger partial charge in [-0.2, -0.15) is 13.2 Å². The van der Waals surface area contributed by atoms with Crippen molar-refractivity contribution in [2.45, 2.75) is 38.3 Å². The van der Waals surface area contributed by atoms with Crippen LogP contribution in [-0.2, 0) is 25.7 Å². The largest absolute Gasteiger partial charge is 0.417 e. The van der Waals surface area contributed by atoms with E-state index < -0.39 is 23.8 Å². The van der Waals surface area contributed by atoms with Gasteiger partial charge >= 0.3 is 6.18 Å². The SMILES string of the molecule is O=Cc1cn(CC(F)CCc2nnc(C(=O)NCc3cncc(C(F)(F)F)c3)s2)nn1. The first-order valence-electron chi connectivity index (χ1n) is 8.85. The standard InChI is InChI=1S/C17H15F4N7O2S/c18-12(7-28-8-13(9-29)24-27-28)1-2-14-25-26-16(31-14)15(30)23-5-10-3-11(6-22-4-10)17(19,20)21/h3-4,6,8-9,12H,1-2,5,7H2,(H,23,30). The second kappa shape index (κ2) is 9.68. The molecule has 0 aliphatic rings. The third-order valence-corrected chi connectivity index (χ3v) is 4.95. The Hall–Kier alpha value is -3.29. The minimum absolute atomic E-state index is 0.0113. The highest BCUT2D eigenvalue weighted by Gasteiger charge is 2.31. The lowest BCUT2D eigenvalue weighted by molar-refractivity contribution is -0.137. The molecule has 3 rings (SSSR count).